The summed E-state index contributed by atoms with van der Waals surface area (Å²) >= 11 is 0. The molecule has 2 rings (SSSR count). The quantitative estimate of drug-likeness (QED) is 0.789. The second kappa shape index (κ2) is 8.95. The van der Waals surface area contributed by atoms with Crippen LogP contribution < -0.4 is 11.1 Å². The Kier molecular flexibility index (Phi) is 7.83. The molecule has 1 atom stereocenters. The van der Waals surface area contributed by atoms with E-state index in [1.54, 1.807) is 19.1 Å². The van der Waals surface area contributed by atoms with Crippen LogP contribution in [0.3, 0.4) is 0 Å². The van der Waals surface area contributed by atoms with Gasteiger partial charge in [0.1, 0.15) is 0 Å². The minimum atomic E-state index is -3.57. The molecule has 1 aromatic carbocycles. The first-order valence-corrected chi connectivity index (χ1v) is 9.35. The average Bonchev–Trinajstić information content (AvgIpc) is 2.56. The first-order chi connectivity index (χ1) is 11.2. The summed E-state index contributed by atoms with van der Waals surface area (Å²) in [5.74, 6) is -0.229. The maximum absolute atomic E-state index is 12.4. The van der Waals surface area contributed by atoms with E-state index in [1.807, 2.05) is 0 Å². The van der Waals surface area contributed by atoms with Gasteiger partial charge in [-0.15, -0.1) is 12.4 Å². The number of hydrogen-bond acceptors (Lipinski definition) is 5. The topological polar surface area (TPSA) is 102 Å². The Hall–Kier alpha value is -1.19. The van der Waals surface area contributed by atoms with Gasteiger partial charge in [-0.2, -0.15) is 0 Å². The van der Waals surface area contributed by atoms with Crippen LogP contribution in [0.5, 0.6) is 0 Å². The molecule has 0 bridgehead atoms. The minimum absolute atomic E-state index is 0. The SMILES string of the molecule is Cc1ccc(NC(=O)C(N)C2CCOCC2)cc1S(=O)(=O)N(C)C.Cl. The maximum Gasteiger partial charge on any atom is 0.242 e. The van der Waals surface area contributed by atoms with Crippen LogP contribution in [-0.2, 0) is 19.6 Å². The molecule has 1 amide bonds. The van der Waals surface area contributed by atoms with Crippen molar-refractivity contribution in [2.24, 2.45) is 11.7 Å². The fourth-order valence-corrected chi connectivity index (χ4v) is 3.81. The first kappa shape index (κ1) is 21.9. The number of nitrogens with two attached hydrogens (primary N) is 1. The van der Waals surface area contributed by atoms with Gasteiger partial charge in [-0.3, -0.25) is 4.79 Å². The summed E-state index contributed by atoms with van der Waals surface area (Å²) in [5, 5.41) is 2.73. The molecular formula is C16H26ClN3O4S. The number of sulfonamides is 1. The van der Waals surface area contributed by atoms with Gasteiger partial charge in [-0.05, 0) is 43.4 Å². The van der Waals surface area contributed by atoms with Crippen molar-refractivity contribution in [2.75, 3.05) is 32.6 Å². The number of hydrogen-bond donors (Lipinski definition) is 2. The number of nitrogens with zero attached hydrogens (tertiary/aromatic N) is 1. The molecule has 0 spiro atoms. The Labute approximate surface area is 155 Å². The third-order valence-electron chi connectivity index (χ3n) is 4.29. The second-order valence-electron chi connectivity index (χ2n) is 6.23. The lowest BCUT2D eigenvalue weighted by molar-refractivity contribution is -0.119. The highest BCUT2D eigenvalue weighted by Gasteiger charge is 2.27. The molecule has 1 aliphatic heterocycles. The van der Waals surface area contributed by atoms with Crippen LogP contribution in [0, 0.1) is 12.8 Å². The molecule has 1 aromatic rings. The summed E-state index contributed by atoms with van der Waals surface area (Å²) in [6.07, 6.45) is 1.51. The lowest BCUT2D eigenvalue weighted by atomic mass is 9.92. The largest absolute Gasteiger partial charge is 0.381 e. The van der Waals surface area contributed by atoms with Gasteiger partial charge in [0.2, 0.25) is 15.9 Å². The number of rotatable bonds is 5. The molecule has 0 saturated carbocycles. The van der Waals surface area contributed by atoms with E-state index in [4.69, 9.17) is 10.5 Å². The lowest BCUT2D eigenvalue weighted by Crippen LogP contribution is -2.44. The van der Waals surface area contributed by atoms with Crippen LogP contribution in [0.15, 0.2) is 23.1 Å². The summed E-state index contributed by atoms with van der Waals surface area (Å²) in [6, 6.07) is 4.19. The third kappa shape index (κ3) is 5.15. The fourth-order valence-electron chi connectivity index (χ4n) is 2.67. The molecule has 7 nitrogen and oxygen atoms in total. The van der Waals surface area contributed by atoms with E-state index in [0.717, 1.165) is 17.1 Å². The van der Waals surface area contributed by atoms with Gasteiger partial charge in [0.25, 0.3) is 0 Å². The molecule has 142 valence electrons. The van der Waals surface area contributed by atoms with E-state index >= 15 is 0 Å². The van der Waals surface area contributed by atoms with E-state index in [9.17, 15) is 13.2 Å². The van der Waals surface area contributed by atoms with Gasteiger partial charge in [-0.25, -0.2) is 12.7 Å². The Morgan fingerprint density at radius 3 is 2.48 bits per heavy atom. The molecule has 0 aliphatic carbocycles. The molecule has 1 unspecified atom stereocenters. The van der Waals surface area contributed by atoms with Crippen LogP contribution in [0.2, 0.25) is 0 Å². The highest BCUT2D eigenvalue weighted by molar-refractivity contribution is 7.89. The van der Waals surface area contributed by atoms with E-state index in [1.165, 1.54) is 20.2 Å². The first-order valence-electron chi connectivity index (χ1n) is 7.91. The number of halogens is 1. The lowest BCUT2D eigenvalue weighted by Gasteiger charge is -2.26. The Morgan fingerprint density at radius 1 is 1.32 bits per heavy atom. The fraction of sp³-hybridized carbons (Fsp3) is 0.562. The number of carbonyl (C=O) groups is 1. The number of benzene rings is 1. The van der Waals surface area contributed by atoms with E-state index in [-0.39, 0.29) is 29.1 Å². The Balaban J connectivity index is 0.00000312. The highest BCUT2D eigenvalue weighted by Crippen LogP contribution is 2.23. The number of aryl methyl sites for hydroxylation is 1. The van der Waals surface area contributed by atoms with Gasteiger partial charge in [0, 0.05) is 33.0 Å². The highest BCUT2D eigenvalue weighted by atomic mass is 35.5. The number of anilines is 1. The molecule has 0 radical (unpaired) electrons. The molecule has 1 heterocycles. The molecule has 1 fully saturated rings. The zero-order chi connectivity index (χ0) is 17.9. The van der Waals surface area contributed by atoms with Crippen LogP contribution in [0.25, 0.3) is 0 Å². The zero-order valence-electron chi connectivity index (χ0n) is 14.7. The van der Waals surface area contributed by atoms with E-state index in [0.29, 0.717) is 24.5 Å². The van der Waals surface area contributed by atoms with E-state index < -0.39 is 16.1 Å². The molecule has 1 aliphatic rings. The van der Waals surface area contributed by atoms with Crippen molar-refractivity contribution in [3.63, 3.8) is 0 Å². The average molecular weight is 392 g/mol. The predicted molar refractivity (Wildman–Crippen MR) is 99.4 cm³/mol. The Morgan fingerprint density at radius 2 is 1.92 bits per heavy atom. The standard InChI is InChI=1S/C16H25N3O4S.ClH/c1-11-4-5-13(10-14(11)24(21,22)19(2)3)18-16(20)15(17)12-6-8-23-9-7-12;/h4-5,10,12,15H,6-9,17H2,1-3H3,(H,18,20);1H. The van der Waals surface area contributed by atoms with Crippen LogP contribution >= 0.6 is 12.4 Å². The molecule has 0 aromatic heterocycles. The van der Waals surface area contributed by atoms with Crippen LogP contribution in [0.1, 0.15) is 18.4 Å². The van der Waals surface area contributed by atoms with Crippen molar-refractivity contribution in [1.29, 1.82) is 0 Å². The van der Waals surface area contributed by atoms with Crippen molar-refractivity contribution in [3.8, 4) is 0 Å². The summed E-state index contributed by atoms with van der Waals surface area (Å²) < 4.78 is 31.1. The van der Waals surface area contributed by atoms with Gasteiger partial charge in [-0.1, -0.05) is 6.07 Å². The van der Waals surface area contributed by atoms with Gasteiger partial charge < -0.3 is 15.8 Å². The zero-order valence-corrected chi connectivity index (χ0v) is 16.3. The van der Waals surface area contributed by atoms with E-state index in [2.05, 4.69) is 5.32 Å². The maximum atomic E-state index is 12.4. The van der Waals surface area contributed by atoms with Gasteiger partial charge in [0.05, 0.1) is 10.9 Å². The summed E-state index contributed by atoms with van der Waals surface area (Å²) in [7, 11) is -0.626. The molecule has 1 saturated heterocycles. The summed E-state index contributed by atoms with van der Waals surface area (Å²) in [4.78, 5) is 12.5. The van der Waals surface area contributed by atoms with Crippen molar-refractivity contribution in [2.45, 2.75) is 30.7 Å². The second-order valence-corrected chi connectivity index (χ2v) is 8.35. The van der Waals surface area contributed by atoms with Gasteiger partial charge in [0.15, 0.2) is 0 Å². The number of ether oxygens (including phenoxy) is 1. The van der Waals surface area contributed by atoms with Crippen LogP contribution in [0.4, 0.5) is 5.69 Å². The monoisotopic (exact) mass is 391 g/mol. The number of carbonyl (C=O) groups excluding carboxylic acids is 1. The number of nitrogens with one attached hydrogen (secondary N) is 1. The molecule has 25 heavy (non-hydrogen) atoms. The van der Waals surface area contributed by atoms with Crippen LogP contribution in [-0.4, -0.2) is 52.0 Å². The third-order valence-corrected chi connectivity index (χ3v) is 6.25. The normalized spacial score (nSPS) is 17.0. The smallest absolute Gasteiger partial charge is 0.242 e. The predicted octanol–water partition coefficient (Wildman–Crippen LogP) is 1.36. The van der Waals surface area contributed by atoms with Crippen molar-refractivity contribution < 1.29 is 17.9 Å². The Bertz CT molecular complexity index is 703. The van der Waals surface area contributed by atoms with Crippen molar-refractivity contribution in [1.82, 2.24) is 4.31 Å². The minimum Gasteiger partial charge on any atom is -0.381 e. The number of amides is 1. The summed E-state index contributed by atoms with van der Waals surface area (Å²) in [5.41, 5.74) is 7.09. The van der Waals surface area contributed by atoms with Crippen molar-refractivity contribution >= 4 is 34.0 Å². The van der Waals surface area contributed by atoms with Crippen molar-refractivity contribution in [3.05, 3.63) is 23.8 Å². The molecule has 9 heteroatoms. The molecule has 3 N–H and O–H groups in total. The molecular weight excluding hydrogens is 366 g/mol. The van der Waals surface area contributed by atoms with Gasteiger partial charge >= 0.3 is 0 Å². The summed E-state index contributed by atoms with van der Waals surface area (Å²) in [6.45, 7) is 2.94.